The zero-order valence-electron chi connectivity index (χ0n) is 11.9. The minimum Gasteiger partial charge on any atom is -0.381 e. The summed E-state index contributed by atoms with van der Waals surface area (Å²) in [5.41, 5.74) is 7.94. The summed E-state index contributed by atoms with van der Waals surface area (Å²) in [4.78, 5) is 12.7. The molecule has 1 aliphatic heterocycles. The first-order valence-electron chi connectivity index (χ1n) is 6.81. The van der Waals surface area contributed by atoms with Crippen molar-refractivity contribution in [2.45, 2.75) is 31.9 Å². The molecule has 1 saturated heterocycles. The minimum atomic E-state index is -0.367. The number of anilines is 1. The minimum absolute atomic E-state index is 0.127. The molecular formula is C14H21N3O3. The summed E-state index contributed by atoms with van der Waals surface area (Å²) in [6, 6.07) is 5.21. The number of ether oxygens (including phenoxy) is 1. The summed E-state index contributed by atoms with van der Waals surface area (Å²) in [6.45, 7) is 3.31. The number of nitrogens with zero attached hydrogens (tertiary/aromatic N) is 2. The van der Waals surface area contributed by atoms with Crippen LogP contribution in [0.25, 0.3) is 0 Å². The predicted octanol–water partition coefficient (Wildman–Crippen LogP) is 1.85. The third-order valence-electron chi connectivity index (χ3n) is 3.97. The highest BCUT2D eigenvalue weighted by Gasteiger charge is 2.28. The van der Waals surface area contributed by atoms with Crippen LogP contribution in [0.4, 0.5) is 11.4 Å². The van der Waals surface area contributed by atoms with Crippen LogP contribution in [-0.2, 0) is 4.74 Å². The van der Waals surface area contributed by atoms with Crippen LogP contribution in [0.1, 0.15) is 18.4 Å². The average Bonchev–Trinajstić information content (AvgIpc) is 2.46. The molecule has 1 aromatic carbocycles. The number of methoxy groups -OCH3 is 1. The van der Waals surface area contributed by atoms with Gasteiger partial charge in [-0.3, -0.25) is 10.1 Å². The molecule has 6 heteroatoms. The van der Waals surface area contributed by atoms with Crippen LogP contribution in [-0.4, -0.2) is 37.3 Å². The summed E-state index contributed by atoms with van der Waals surface area (Å²) in [7, 11) is 1.73. The van der Waals surface area contributed by atoms with Gasteiger partial charge in [-0.05, 0) is 31.4 Å². The smallest absolute Gasteiger partial charge is 0.269 e. The van der Waals surface area contributed by atoms with Gasteiger partial charge in [-0.25, -0.2) is 0 Å². The van der Waals surface area contributed by atoms with E-state index in [1.165, 1.54) is 0 Å². The molecule has 2 unspecified atom stereocenters. The summed E-state index contributed by atoms with van der Waals surface area (Å²) < 4.78 is 5.42. The normalized spacial score (nSPS) is 22.9. The van der Waals surface area contributed by atoms with E-state index in [-0.39, 0.29) is 22.8 Å². The molecule has 20 heavy (non-hydrogen) atoms. The topological polar surface area (TPSA) is 81.6 Å². The van der Waals surface area contributed by atoms with Crippen LogP contribution in [0, 0.1) is 17.0 Å². The lowest BCUT2D eigenvalue weighted by molar-refractivity contribution is -0.384. The van der Waals surface area contributed by atoms with E-state index in [2.05, 4.69) is 4.90 Å². The number of piperidine rings is 1. The number of hydrogen-bond donors (Lipinski definition) is 1. The number of aryl methyl sites for hydroxylation is 1. The number of rotatable bonds is 4. The SMILES string of the molecule is COC1CCN(c2ccc([N+](=O)[O-])cc2C)C(CN)C1. The molecule has 2 N–H and O–H groups in total. The van der Waals surface area contributed by atoms with E-state index in [4.69, 9.17) is 10.5 Å². The van der Waals surface area contributed by atoms with Gasteiger partial charge >= 0.3 is 0 Å². The Morgan fingerprint density at radius 1 is 1.55 bits per heavy atom. The largest absolute Gasteiger partial charge is 0.381 e. The lowest BCUT2D eigenvalue weighted by atomic mass is 9.97. The zero-order chi connectivity index (χ0) is 14.7. The maximum atomic E-state index is 10.8. The molecule has 1 heterocycles. The van der Waals surface area contributed by atoms with E-state index in [1.807, 2.05) is 13.0 Å². The monoisotopic (exact) mass is 279 g/mol. The van der Waals surface area contributed by atoms with Gasteiger partial charge in [0.25, 0.3) is 5.69 Å². The summed E-state index contributed by atoms with van der Waals surface area (Å²) in [5.74, 6) is 0. The maximum Gasteiger partial charge on any atom is 0.269 e. The average molecular weight is 279 g/mol. The number of nitro groups is 1. The Labute approximate surface area is 118 Å². The molecule has 2 rings (SSSR count). The third kappa shape index (κ3) is 2.91. The van der Waals surface area contributed by atoms with E-state index < -0.39 is 0 Å². The molecular weight excluding hydrogens is 258 g/mol. The summed E-state index contributed by atoms with van der Waals surface area (Å²) in [5, 5.41) is 10.8. The Morgan fingerprint density at radius 3 is 2.85 bits per heavy atom. The van der Waals surface area contributed by atoms with Crippen LogP contribution in [0.3, 0.4) is 0 Å². The summed E-state index contributed by atoms with van der Waals surface area (Å²) in [6.07, 6.45) is 2.09. The highest BCUT2D eigenvalue weighted by molar-refractivity contribution is 5.58. The Kier molecular flexibility index (Phi) is 4.57. The maximum absolute atomic E-state index is 10.8. The van der Waals surface area contributed by atoms with Gasteiger partial charge in [0, 0.05) is 44.1 Å². The molecule has 0 amide bonds. The fourth-order valence-corrected chi connectivity index (χ4v) is 2.84. The predicted molar refractivity (Wildman–Crippen MR) is 78.1 cm³/mol. The van der Waals surface area contributed by atoms with Gasteiger partial charge < -0.3 is 15.4 Å². The third-order valence-corrected chi connectivity index (χ3v) is 3.97. The van der Waals surface area contributed by atoms with Gasteiger partial charge in [-0.15, -0.1) is 0 Å². The molecule has 1 aromatic rings. The van der Waals surface area contributed by atoms with Gasteiger partial charge in [0.15, 0.2) is 0 Å². The molecule has 0 aliphatic carbocycles. The lowest BCUT2D eigenvalue weighted by Crippen LogP contribution is -2.49. The molecule has 6 nitrogen and oxygen atoms in total. The quantitative estimate of drug-likeness (QED) is 0.672. The van der Waals surface area contributed by atoms with Gasteiger partial charge in [-0.2, -0.15) is 0 Å². The standard InChI is InChI=1S/C14H21N3O3/c1-10-7-11(17(18)19)3-4-14(10)16-6-5-13(20-2)8-12(16)9-15/h3-4,7,12-13H,5-6,8-9,15H2,1-2H3. The van der Waals surface area contributed by atoms with Crippen LogP contribution in [0.2, 0.25) is 0 Å². The van der Waals surface area contributed by atoms with Crippen molar-refractivity contribution in [2.24, 2.45) is 5.73 Å². The Hall–Kier alpha value is -1.66. The molecule has 2 atom stereocenters. The molecule has 110 valence electrons. The van der Waals surface area contributed by atoms with Crippen LogP contribution in [0.15, 0.2) is 18.2 Å². The van der Waals surface area contributed by atoms with Crippen molar-refractivity contribution < 1.29 is 9.66 Å². The second kappa shape index (κ2) is 6.19. The Morgan fingerprint density at radius 2 is 2.30 bits per heavy atom. The molecule has 0 bridgehead atoms. The van der Waals surface area contributed by atoms with E-state index in [1.54, 1.807) is 19.2 Å². The van der Waals surface area contributed by atoms with Crippen LogP contribution >= 0.6 is 0 Å². The van der Waals surface area contributed by atoms with Crippen molar-refractivity contribution in [2.75, 3.05) is 25.1 Å². The molecule has 1 fully saturated rings. The number of nitro benzene ring substituents is 1. The van der Waals surface area contributed by atoms with Gasteiger partial charge in [0.2, 0.25) is 0 Å². The van der Waals surface area contributed by atoms with Crippen molar-refractivity contribution in [1.29, 1.82) is 0 Å². The van der Waals surface area contributed by atoms with E-state index >= 15 is 0 Å². The zero-order valence-corrected chi connectivity index (χ0v) is 11.9. The first-order chi connectivity index (χ1) is 9.56. The molecule has 0 spiro atoms. The number of nitrogens with two attached hydrogens (primary N) is 1. The summed E-state index contributed by atoms with van der Waals surface area (Å²) >= 11 is 0. The van der Waals surface area contributed by atoms with Gasteiger partial charge in [0.1, 0.15) is 0 Å². The number of benzene rings is 1. The number of hydrogen-bond acceptors (Lipinski definition) is 5. The van der Waals surface area contributed by atoms with Gasteiger partial charge in [0.05, 0.1) is 11.0 Å². The Balaban J connectivity index is 2.24. The molecule has 1 aliphatic rings. The number of non-ortho nitro benzene ring substituents is 1. The van der Waals surface area contributed by atoms with Crippen molar-refractivity contribution in [3.8, 4) is 0 Å². The van der Waals surface area contributed by atoms with E-state index in [9.17, 15) is 10.1 Å². The van der Waals surface area contributed by atoms with E-state index in [0.717, 1.165) is 30.6 Å². The fraction of sp³-hybridized carbons (Fsp3) is 0.571. The highest BCUT2D eigenvalue weighted by Crippen LogP contribution is 2.30. The van der Waals surface area contributed by atoms with Crippen LogP contribution in [0.5, 0.6) is 0 Å². The molecule has 0 saturated carbocycles. The van der Waals surface area contributed by atoms with E-state index in [0.29, 0.717) is 6.54 Å². The first-order valence-corrected chi connectivity index (χ1v) is 6.81. The molecule has 0 aromatic heterocycles. The van der Waals surface area contributed by atoms with Crippen LogP contribution < -0.4 is 10.6 Å². The fourth-order valence-electron chi connectivity index (χ4n) is 2.84. The van der Waals surface area contributed by atoms with Crippen molar-refractivity contribution in [3.63, 3.8) is 0 Å². The molecule has 0 radical (unpaired) electrons. The lowest BCUT2D eigenvalue weighted by Gasteiger charge is -2.40. The van der Waals surface area contributed by atoms with Crippen molar-refractivity contribution in [1.82, 2.24) is 0 Å². The second-order valence-corrected chi connectivity index (χ2v) is 5.19. The Bertz CT molecular complexity index is 493. The first kappa shape index (κ1) is 14.7. The highest BCUT2D eigenvalue weighted by atomic mass is 16.6. The van der Waals surface area contributed by atoms with Gasteiger partial charge in [-0.1, -0.05) is 0 Å². The second-order valence-electron chi connectivity index (χ2n) is 5.19. The van der Waals surface area contributed by atoms with Crippen molar-refractivity contribution in [3.05, 3.63) is 33.9 Å². The van der Waals surface area contributed by atoms with Crippen molar-refractivity contribution >= 4 is 11.4 Å².